The maximum Gasteiger partial charge on any atom is 0.392 e. The van der Waals surface area contributed by atoms with Crippen molar-refractivity contribution in [3.8, 4) is 11.5 Å². The summed E-state index contributed by atoms with van der Waals surface area (Å²) in [5, 5.41) is 9.06. The first-order valence-corrected chi connectivity index (χ1v) is 6.42. The van der Waals surface area contributed by atoms with Gasteiger partial charge in [-0.2, -0.15) is 13.2 Å². The molecule has 0 unspecified atom stereocenters. The van der Waals surface area contributed by atoms with Gasteiger partial charge in [-0.25, -0.2) is 0 Å². The van der Waals surface area contributed by atoms with Gasteiger partial charge in [0.05, 0.1) is 30.7 Å². The molecule has 108 valence electrons. The van der Waals surface area contributed by atoms with Crippen LogP contribution in [0.5, 0.6) is 11.5 Å². The molecular formula is C12H14BrF3O3. The molecule has 0 aliphatic heterocycles. The minimum Gasteiger partial charge on any atom is -0.490 e. The van der Waals surface area contributed by atoms with Gasteiger partial charge in [0, 0.05) is 0 Å². The van der Waals surface area contributed by atoms with Gasteiger partial charge in [-0.1, -0.05) is 0 Å². The second kappa shape index (κ2) is 7.00. The predicted molar refractivity (Wildman–Crippen MR) is 67.4 cm³/mol. The Hall–Kier alpha value is -0.950. The smallest absolute Gasteiger partial charge is 0.392 e. The number of hydrogen-bond acceptors (Lipinski definition) is 3. The van der Waals surface area contributed by atoms with Crippen molar-refractivity contribution in [1.82, 2.24) is 0 Å². The molecule has 0 fully saturated rings. The largest absolute Gasteiger partial charge is 0.490 e. The first-order valence-electron chi connectivity index (χ1n) is 5.63. The van der Waals surface area contributed by atoms with E-state index in [0.717, 1.165) is 0 Å². The van der Waals surface area contributed by atoms with Gasteiger partial charge in [0.1, 0.15) is 0 Å². The number of ether oxygens (including phenoxy) is 2. The van der Waals surface area contributed by atoms with E-state index in [4.69, 9.17) is 14.6 Å². The number of rotatable bonds is 6. The Bertz CT molecular complexity index is 421. The number of aliphatic hydroxyl groups excluding tert-OH is 1. The SMILES string of the molecule is CCOc1cc(CO)cc(Br)c1OCCC(F)(F)F. The van der Waals surface area contributed by atoms with Crippen LogP contribution in [-0.4, -0.2) is 24.5 Å². The molecule has 0 saturated heterocycles. The normalized spacial score (nSPS) is 11.5. The Morgan fingerprint density at radius 2 is 1.95 bits per heavy atom. The molecule has 0 heterocycles. The topological polar surface area (TPSA) is 38.7 Å². The van der Waals surface area contributed by atoms with E-state index < -0.39 is 19.2 Å². The highest BCUT2D eigenvalue weighted by molar-refractivity contribution is 9.10. The van der Waals surface area contributed by atoms with Crippen LogP contribution < -0.4 is 9.47 Å². The fourth-order valence-electron chi connectivity index (χ4n) is 1.38. The van der Waals surface area contributed by atoms with Gasteiger partial charge in [0.15, 0.2) is 11.5 Å². The van der Waals surface area contributed by atoms with Gasteiger partial charge < -0.3 is 14.6 Å². The maximum atomic E-state index is 12.1. The van der Waals surface area contributed by atoms with E-state index >= 15 is 0 Å². The van der Waals surface area contributed by atoms with Crippen molar-refractivity contribution in [2.24, 2.45) is 0 Å². The van der Waals surface area contributed by atoms with Crippen molar-refractivity contribution in [3.05, 3.63) is 22.2 Å². The van der Waals surface area contributed by atoms with Crippen LogP contribution in [0, 0.1) is 0 Å². The lowest BCUT2D eigenvalue weighted by Crippen LogP contribution is -2.13. The molecule has 0 bridgehead atoms. The molecule has 0 aromatic heterocycles. The second-order valence-corrected chi connectivity index (χ2v) is 4.56. The molecule has 1 aromatic carbocycles. The lowest BCUT2D eigenvalue weighted by molar-refractivity contribution is -0.139. The molecule has 0 aliphatic carbocycles. The zero-order valence-electron chi connectivity index (χ0n) is 10.3. The number of alkyl halides is 3. The van der Waals surface area contributed by atoms with E-state index in [9.17, 15) is 13.2 Å². The summed E-state index contributed by atoms with van der Waals surface area (Å²) in [5.41, 5.74) is 0.582. The standard InChI is InChI=1S/C12H14BrF3O3/c1-2-18-10-6-8(7-17)5-9(13)11(10)19-4-3-12(14,15)16/h5-6,17H,2-4,7H2,1H3. The van der Waals surface area contributed by atoms with E-state index in [0.29, 0.717) is 22.4 Å². The third-order valence-corrected chi connectivity index (χ3v) is 2.77. The third-order valence-electron chi connectivity index (χ3n) is 2.18. The van der Waals surface area contributed by atoms with Gasteiger partial charge in [-0.05, 0) is 40.5 Å². The minimum atomic E-state index is -4.26. The molecule has 3 nitrogen and oxygen atoms in total. The van der Waals surface area contributed by atoms with Gasteiger partial charge in [0.25, 0.3) is 0 Å². The van der Waals surface area contributed by atoms with Crippen molar-refractivity contribution >= 4 is 15.9 Å². The molecule has 1 rings (SSSR count). The van der Waals surface area contributed by atoms with E-state index in [1.54, 1.807) is 13.0 Å². The zero-order chi connectivity index (χ0) is 14.5. The van der Waals surface area contributed by atoms with Crippen LogP contribution in [-0.2, 0) is 6.61 Å². The molecule has 1 aromatic rings. The summed E-state index contributed by atoms with van der Waals surface area (Å²) in [4.78, 5) is 0. The highest BCUT2D eigenvalue weighted by atomic mass is 79.9. The molecule has 0 amide bonds. The average Bonchev–Trinajstić information content (AvgIpc) is 2.31. The van der Waals surface area contributed by atoms with E-state index in [2.05, 4.69) is 15.9 Å². The molecule has 1 N–H and O–H groups in total. The van der Waals surface area contributed by atoms with Crippen molar-refractivity contribution in [2.45, 2.75) is 26.1 Å². The van der Waals surface area contributed by atoms with E-state index in [-0.39, 0.29) is 12.4 Å². The van der Waals surface area contributed by atoms with Crippen molar-refractivity contribution in [1.29, 1.82) is 0 Å². The Morgan fingerprint density at radius 3 is 2.47 bits per heavy atom. The lowest BCUT2D eigenvalue weighted by Gasteiger charge is -2.15. The van der Waals surface area contributed by atoms with Crippen LogP contribution in [0.15, 0.2) is 16.6 Å². The molecular weight excluding hydrogens is 329 g/mol. The van der Waals surface area contributed by atoms with Crippen molar-refractivity contribution in [3.63, 3.8) is 0 Å². The molecule has 7 heteroatoms. The third kappa shape index (κ3) is 5.28. The summed E-state index contributed by atoms with van der Waals surface area (Å²) >= 11 is 3.19. The van der Waals surface area contributed by atoms with E-state index in [1.807, 2.05) is 0 Å². The summed E-state index contributed by atoms with van der Waals surface area (Å²) < 4.78 is 47.1. The number of hydrogen-bond donors (Lipinski definition) is 1. The molecule has 19 heavy (non-hydrogen) atoms. The minimum absolute atomic E-state index is 0.193. The Balaban J connectivity index is 2.85. The van der Waals surface area contributed by atoms with Gasteiger partial charge in [-0.3, -0.25) is 0 Å². The highest BCUT2D eigenvalue weighted by Crippen LogP contribution is 2.37. The van der Waals surface area contributed by atoms with Crippen LogP contribution in [0.25, 0.3) is 0 Å². The Kier molecular flexibility index (Phi) is 5.93. The number of halogens is 4. The molecule has 0 radical (unpaired) electrons. The summed E-state index contributed by atoms with van der Waals surface area (Å²) in [6, 6.07) is 3.11. The highest BCUT2D eigenvalue weighted by Gasteiger charge is 2.27. The average molecular weight is 343 g/mol. The molecule has 0 atom stereocenters. The molecule has 0 aliphatic rings. The first kappa shape index (κ1) is 16.1. The fraction of sp³-hybridized carbons (Fsp3) is 0.500. The van der Waals surface area contributed by atoms with E-state index in [1.165, 1.54) is 6.07 Å². The summed E-state index contributed by atoms with van der Waals surface area (Å²) in [6.45, 7) is 1.41. The Labute approximate surface area is 117 Å². The summed E-state index contributed by atoms with van der Waals surface area (Å²) in [5.74, 6) is 0.520. The molecule has 0 saturated carbocycles. The summed E-state index contributed by atoms with van der Waals surface area (Å²) in [7, 11) is 0. The lowest BCUT2D eigenvalue weighted by atomic mass is 10.2. The van der Waals surface area contributed by atoms with Gasteiger partial charge in [0.2, 0.25) is 0 Å². The fourth-order valence-corrected chi connectivity index (χ4v) is 1.99. The quantitative estimate of drug-likeness (QED) is 0.857. The maximum absolute atomic E-state index is 12.1. The summed E-state index contributed by atoms with van der Waals surface area (Å²) in [6.07, 6.45) is -5.30. The van der Waals surface area contributed by atoms with Gasteiger partial charge >= 0.3 is 6.18 Å². The predicted octanol–water partition coefficient (Wildman–Crippen LogP) is 3.67. The van der Waals surface area contributed by atoms with Crippen LogP contribution in [0.4, 0.5) is 13.2 Å². The zero-order valence-corrected chi connectivity index (χ0v) is 11.8. The van der Waals surface area contributed by atoms with Crippen LogP contribution in [0.3, 0.4) is 0 Å². The van der Waals surface area contributed by atoms with Crippen LogP contribution in [0.1, 0.15) is 18.9 Å². The van der Waals surface area contributed by atoms with Crippen molar-refractivity contribution < 1.29 is 27.8 Å². The number of aliphatic hydroxyl groups is 1. The second-order valence-electron chi connectivity index (χ2n) is 3.71. The molecule has 0 spiro atoms. The van der Waals surface area contributed by atoms with Crippen LogP contribution >= 0.6 is 15.9 Å². The monoisotopic (exact) mass is 342 g/mol. The van der Waals surface area contributed by atoms with Gasteiger partial charge in [-0.15, -0.1) is 0 Å². The van der Waals surface area contributed by atoms with Crippen molar-refractivity contribution in [2.75, 3.05) is 13.2 Å². The number of benzene rings is 1. The first-order chi connectivity index (χ1) is 8.87. The Morgan fingerprint density at radius 1 is 1.26 bits per heavy atom. The van der Waals surface area contributed by atoms with Crippen LogP contribution in [0.2, 0.25) is 0 Å².